The van der Waals surface area contributed by atoms with Crippen LogP contribution in [0.1, 0.15) is 19.4 Å². The molecule has 0 saturated heterocycles. The number of benzene rings is 1. The minimum atomic E-state index is -0.334. The van der Waals surface area contributed by atoms with Gasteiger partial charge >= 0.3 is 0 Å². The highest BCUT2D eigenvalue weighted by atomic mass is 79.9. The molecule has 4 heteroatoms. The molecule has 0 fully saturated rings. The number of nitrogens with zero attached hydrogens (tertiary/aromatic N) is 1. The van der Waals surface area contributed by atoms with Crippen LogP contribution in [0.4, 0.5) is 5.69 Å². The summed E-state index contributed by atoms with van der Waals surface area (Å²) < 4.78 is 0. The van der Waals surface area contributed by atoms with Gasteiger partial charge in [0.05, 0.1) is 4.92 Å². The smallest absolute Gasteiger partial charge is 0.258 e. The first-order valence-electron chi connectivity index (χ1n) is 4.29. The Labute approximate surface area is 91.4 Å². The zero-order valence-corrected chi connectivity index (χ0v) is 9.74. The average Bonchev–Trinajstić information content (AvgIpc) is 2.18. The van der Waals surface area contributed by atoms with Crippen molar-refractivity contribution < 1.29 is 4.92 Å². The summed E-state index contributed by atoms with van der Waals surface area (Å²) in [4.78, 5) is 10.4. The lowest BCUT2D eigenvalue weighted by Gasteiger charge is -2.21. The van der Waals surface area contributed by atoms with Gasteiger partial charge in [-0.25, -0.2) is 0 Å². The normalized spacial score (nSPS) is 11.4. The first kappa shape index (κ1) is 11.2. The number of alkyl halides is 1. The highest BCUT2D eigenvalue weighted by Gasteiger charge is 2.27. The van der Waals surface area contributed by atoms with E-state index in [0.29, 0.717) is 5.33 Å². The van der Waals surface area contributed by atoms with E-state index in [9.17, 15) is 10.1 Å². The Morgan fingerprint density at radius 3 is 2.50 bits per heavy atom. The number of halogens is 1. The number of para-hydroxylation sites is 1. The van der Waals surface area contributed by atoms with E-state index < -0.39 is 0 Å². The highest BCUT2D eigenvalue weighted by Crippen LogP contribution is 2.32. The largest absolute Gasteiger partial charge is 0.273 e. The molecule has 1 rings (SSSR count). The summed E-state index contributed by atoms with van der Waals surface area (Å²) in [7, 11) is 0. The Morgan fingerprint density at radius 2 is 2.00 bits per heavy atom. The highest BCUT2D eigenvalue weighted by molar-refractivity contribution is 9.09. The van der Waals surface area contributed by atoms with Crippen molar-refractivity contribution in [3.8, 4) is 0 Å². The van der Waals surface area contributed by atoms with Gasteiger partial charge in [0.25, 0.3) is 5.69 Å². The fourth-order valence-electron chi connectivity index (χ4n) is 1.28. The first-order valence-corrected chi connectivity index (χ1v) is 5.41. The first-order chi connectivity index (χ1) is 6.49. The molecule has 0 aliphatic rings. The molecule has 0 unspecified atom stereocenters. The molecule has 0 amide bonds. The Morgan fingerprint density at radius 1 is 1.43 bits per heavy atom. The zero-order chi connectivity index (χ0) is 10.8. The standard InChI is InChI=1S/C10H12BrNO2/c1-10(2,7-11)8-5-3-4-6-9(8)12(13)14/h3-6H,7H2,1-2H3. The summed E-state index contributed by atoms with van der Waals surface area (Å²) in [5.74, 6) is 0. The van der Waals surface area contributed by atoms with Crippen molar-refractivity contribution in [1.29, 1.82) is 0 Å². The predicted octanol–water partition coefficient (Wildman–Crippen LogP) is 3.27. The van der Waals surface area contributed by atoms with E-state index in [1.54, 1.807) is 18.2 Å². The minimum Gasteiger partial charge on any atom is -0.258 e. The van der Waals surface area contributed by atoms with E-state index >= 15 is 0 Å². The quantitative estimate of drug-likeness (QED) is 0.474. The predicted molar refractivity (Wildman–Crippen MR) is 59.9 cm³/mol. The molecular weight excluding hydrogens is 246 g/mol. The maximum Gasteiger partial charge on any atom is 0.273 e. The van der Waals surface area contributed by atoms with Crippen LogP contribution in [0.25, 0.3) is 0 Å². The monoisotopic (exact) mass is 257 g/mol. The van der Waals surface area contributed by atoms with Crippen LogP contribution in [0.2, 0.25) is 0 Å². The van der Waals surface area contributed by atoms with E-state index in [2.05, 4.69) is 15.9 Å². The van der Waals surface area contributed by atoms with Crippen LogP contribution >= 0.6 is 15.9 Å². The van der Waals surface area contributed by atoms with Crippen molar-refractivity contribution >= 4 is 21.6 Å². The second-order valence-electron chi connectivity index (χ2n) is 3.79. The van der Waals surface area contributed by atoms with Crippen LogP contribution in [-0.4, -0.2) is 10.3 Å². The molecule has 0 N–H and O–H groups in total. The van der Waals surface area contributed by atoms with Crippen molar-refractivity contribution in [2.45, 2.75) is 19.3 Å². The Hall–Kier alpha value is -0.900. The molecule has 0 atom stereocenters. The Bertz CT molecular complexity index is 350. The average molecular weight is 258 g/mol. The molecule has 0 heterocycles. The zero-order valence-electron chi connectivity index (χ0n) is 8.16. The Kier molecular flexibility index (Phi) is 3.26. The van der Waals surface area contributed by atoms with Crippen LogP contribution in [0.5, 0.6) is 0 Å². The van der Waals surface area contributed by atoms with Crippen molar-refractivity contribution in [3.05, 3.63) is 39.9 Å². The van der Waals surface area contributed by atoms with Gasteiger partial charge in [0, 0.05) is 22.4 Å². The molecular formula is C10H12BrNO2. The van der Waals surface area contributed by atoms with Gasteiger partial charge in [0.1, 0.15) is 0 Å². The molecule has 0 aliphatic heterocycles. The fraction of sp³-hybridized carbons (Fsp3) is 0.400. The fourth-order valence-corrected chi connectivity index (χ4v) is 1.58. The van der Waals surface area contributed by atoms with E-state index in [4.69, 9.17) is 0 Å². The van der Waals surface area contributed by atoms with Crippen LogP contribution in [0.3, 0.4) is 0 Å². The third kappa shape index (κ3) is 2.12. The number of hydrogen-bond donors (Lipinski definition) is 0. The summed E-state index contributed by atoms with van der Waals surface area (Å²) in [6.07, 6.45) is 0. The summed E-state index contributed by atoms with van der Waals surface area (Å²) in [6.45, 7) is 3.95. The lowest BCUT2D eigenvalue weighted by atomic mass is 9.86. The van der Waals surface area contributed by atoms with Gasteiger partial charge in [-0.2, -0.15) is 0 Å². The summed E-state index contributed by atoms with van der Waals surface area (Å²) in [5.41, 5.74) is 0.739. The summed E-state index contributed by atoms with van der Waals surface area (Å²) in [5, 5.41) is 11.5. The van der Waals surface area contributed by atoms with Gasteiger partial charge in [-0.3, -0.25) is 10.1 Å². The molecule has 1 aromatic carbocycles. The third-order valence-electron chi connectivity index (χ3n) is 2.16. The molecule has 0 aliphatic carbocycles. The van der Waals surface area contributed by atoms with E-state index in [-0.39, 0.29) is 16.0 Å². The van der Waals surface area contributed by atoms with Crippen LogP contribution < -0.4 is 0 Å². The van der Waals surface area contributed by atoms with Gasteiger partial charge in [-0.05, 0) is 0 Å². The Balaban J connectivity index is 3.27. The third-order valence-corrected chi connectivity index (χ3v) is 3.57. The van der Waals surface area contributed by atoms with Crippen LogP contribution in [0.15, 0.2) is 24.3 Å². The molecule has 0 aromatic heterocycles. The molecule has 0 radical (unpaired) electrons. The lowest BCUT2D eigenvalue weighted by Crippen LogP contribution is -2.20. The van der Waals surface area contributed by atoms with Crippen molar-refractivity contribution in [1.82, 2.24) is 0 Å². The molecule has 1 aromatic rings. The number of hydrogen-bond acceptors (Lipinski definition) is 2. The molecule has 0 bridgehead atoms. The molecule has 14 heavy (non-hydrogen) atoms. The van der Waals surface area contributed by atoms with Gasteiger partial charge in [0.15, 0.2) is 0 Å². The molecule has 76 valence electrons. The number of rotatable bonds is 3. The summed E-state index contributed by atoms with van der Waals surface area (Å²) in [6, 6.07) is 6.86. The minimum absolute atomic E-state index is 0.192. The van der Waals surface area contributed by atoms with Crippen molar-refractivity contribution in [3.63, 3.8) is 0 Å². The molecule has 3 nitrogen and oxygen atoms in total. The van der Waals surface area contributed by atoms with E-state index in [0.717, 1.165) is 5.56 Å². The SMILES string of the molecule is CC(C)(CBr)c1ccccc1[N+](=O)[O-]. The van der Waals surface area contributed by atoms with E-state index in [1.807, 2.05) is 19.9 Å². The number of nitro benzene ring substituents is 1. The van der Waals surface area contributed by atoms with Crippen LogP contribution in [0, 0.1) is 10.1 Å². The van der Waals surface area contributed by atoms with Crippen molar-refractivity contribution in [2.75, 3.05) is 5.33 Å². The van der Waals surface area contributed by atoms with Crippen molar-refractivity contribution in [2.24, 2.45) is 0 Å². The van der Waals surface area contributed by atoms with Gasteiger partial charge < -0.3 is 0 Å². The number of nitro groups is 1. The van der Waals surface area contributed by atoms with Gasteiger partial charge in [0.2, 0.25) is 0 Å². The lowest BCUT2D eigenvalue weighted by molar-refractivity contribution is -0.386. The topological polar surface area (TPSA) is 43.1 Å². The maximum atomic E-state index is 10.8. The van der Waals surface area contributed by atoms with Crippen LogP contribution in [-0.2, 0) is 5.41 Å². The van der Waals surface area contributed by atoms with Gasteiger partial charge in [-0.1, -0.05) is 48.0 Å². The van der Waals surface area contributed by atoms with Gasteiger partial charge in [-0.15, -0.1) is 0 Å². The molecule has 0 saturated carbocycles. The maximum absolute atomic E-state index is 10.8. The second-order valence-corrected chi connectivity index (χ2v) is 4.35. The summed E-state index contributed by atoms with van der Waals surface area (Å²) >= 11 is 3.37. The van der Waals surface area contributed by atoms with E-state index in [1.165, 1.54) is 0 Å². The molecule has 0 spiro atoms. The second kappa shape index (κ2) is 4.09.